The number of benzene rings is 9. The normalized spacial score (nSPS) is 12.1. The van der Waals surface area contributed by atoms with Crippen molar-refractivity contribution in [1.82, 2.24) is 0 Å². The highest BCUT2D eigenvalue weighted by Gasteiger charge is 2.46. The lowest BCUT2D eigenvalue weighted by Gasteiger charge is -2.45. The van der Waals surface area contributed by atoms with Crippen LogP contribution in [0.4, 0.5) is 34.1 Å². The molecule has 2 aliphatic rings. The zero-order chi connectivity index (χ0) is 40.9. The van der Waals surface area contributed by atoms with Crippen LogP contribution in [0.3, 0.4) is 0 Å². The van der Waals surface area contributed by atoms with Crippen LogP contribution in [0.5, 0.6) is 0 Å². The van der Waals surface area contributed by atoms with Gasteiger partial charge in [-0.3, -0.25) is 0 Å². The summed E-state index contributed by atoms with van der Waals surface area (Å²) in [5.41, 5.74) is 18.4. The zero-order valence-electron chi connectivity index (χ0n) is 33.1. The molecule has 61 heavy (non-hydrogen) atoms. The van der Waals surface area contributed by atoms with E-state index in [0.717, 1.165) is 95.0 Å². The van der Waals surface area contributed by atoms with Crippen LogP contribution in [0.1, 0.15) is 11.1 Å². The van der Waals surface area contributed by atoms with Crippen molar-refractivity contribution in [3.63, 3.8) is 0 Å². The molecular formula is C56H35BN4. The van der Waals surface area contributed by atoms with E-state index in [1.165, 1.54) is 0 Å². The van der Waals surface area contributed by atoms with Gasteiger partial charge in [-0.2, -0.15) is 10.5 Å². The summed E-state index contributed by atoms with van der Waals surface area (Å²) in [6, 6.07) is 79.3. The van der Waals surface area contributed by atoms with Gasteiger partial charge >= 0.3 is 0 Å². The Morgan fingerprint density at radius 1 is 0.328 bits per heavy atom. The van der Waals surface area contributed by atoms with E-state index in [4.69, 9.17) is 0 Å². The molecule has 2 aliphatic heterocycles. The molecule has 11 rings (SSSR count). The number of nitriles is 2. The molecule has 0 radical (unpaired) electrons. The molecule has 9 aromatic rings. The van der Waals surface area contributed by atoms with Crippen LogP contribution in [-0.4, -0.2) is 6.71 Å². The number of anilines is 6. The summed E-state index contributed by atoms with van der Waals surface area (Å²) in [6.45, 7) is -0.303. The lowest BCUT2D eigenvalue weighted by molar-refractivity contribution is 1.23. The minimum Gasteiger partial charge on any atom is -0.310 e. The molecule has 0 aliphatic carbocycles. The zero-order valence-corrected chi connectivity index (χ0v) is 33.1. The molecule has 282 valence electrons. The Labute approximate surface area is 356 Å². The van der Waals surface area contributed by atoms with Crippen molar-refractivity contribution in [3.05, 3.63) is 223 Å². The summed E-state index contributed by atoms with van der Waals surface area (Å²) >= 11 is 0. The van der Waals surface area contributed by atoms with Crippen molar-refractivity contribution in [2.24, 2.45) is 0 Å². The third-order valence-electron chi connectivity index (χ3n) is 12.1. The van der Waals surface area contributed by atoms with Crippen LogP contribution in [0.2, 0.25) is 0 Å². The van der Waals surface area contributed by atoms with E-state index in [-0.39, 0.29) is 6.71 Å². The van der Waals surface area contributed by atoms with Gasteiger partial charge in [-0.1, -0.05) is 170 Å². The van der Waals surface area contributed by atoms with Crippen molar-refractivity contribution in [1.29, 1.82) is 10.5 Å². The second-order valence-corrected chi connectivity index (χ2v) is 15.5. The van der Waals surface area contributed by atoms with Gasteiger partial charge in [0, 0.05) is 22.7 Å². The maximum absolute atomic E-state index is 11.1. The second kappa shape index (κ2) is 14.8. The lowest BCUT2D eigenvalue weighted by Crippen LogP contribution is -2.62. The van der Waals surface area contributed by atoms with Crippen LogP contribution in [0, 0.1) is 22.7 Å². The second-order valence-electron chi connectivity index (χ2n) is 15.5. The predicted octanol–water partition coefficient (Wildman–Crippen LogP) is 12.2. The van der Waals surface area contributed by atoms with E-state index >= 15 is 0 Å². The standard InChI is InChI=1S/C56H35BN4/c58-36-46-33-47(37-59)56-54-55(46)60(48-27-21-42(22-28-48)38-13-5-1-6-14-38)52-31-25-44(40-17-9-3-10-18-40)34-50(52)57(54)51-35-45(41-19-11-4-12-20-41)26-32-53(51)61(56)49-29-23-43(24-30-49)39-15-7-2-8-16-39/h1-35H. The Kier molecular flexibility index (Phi) is 8.66. The van der Waals surface area contributed by atoms with Crippen molar-refractivity contribution >= 4 is 57.2 Å². The molecule has 0 fully saturated rings. The summed E-state index contributed by atoms with van der Waals surface area (Å²) in [5.74, 6) is 0. The average molecular weight is 775 g/mol. The fourth-order valence-electron chi connectivity index (χ4n) is 9.33. The summed E-state index contributed by atoms with van der Waals surface area (Å²) in [6.07, 6.45) is 0. The fraction of sp³-hybridized carbons (Fsp3) is 0. The Morgan fingerprint density at radius 3 is 0.984 bits per heavy atom. The molecule has 0 aromatic heterocycles. The number of rotatable bonds is 6. The van der Waals surface area contributed by atoms with Crippen LogP contribution in [0.25, 0.3) is 44.5 Å². The molecule has 4 nitrogen and oxygen atoms in total. The Hall–Kier alpha value is -8.38. The van der Waals surface area contributed by atoms with Gasteiger partial charge in [0.1, 0.15) is 12.1 Å². The van der Waals surface area contributed by atoms with E-state index in [1.807, 2.05) is 24.3 Å². The highest BCUT2D eigenvalue weighted by atomic mass is 15.2. The van der Waals surface area contributed by atoms with E-state index in [0.29, 0.717) is 11.1 Å². The summed E-state index contributed by atoms with van der Waals surface area (Å²) < 4.78 is 0. The Morgan fingerprint density at radius 2 is 0.639 bits per heavy atom. The van der Waals surface area contributed by atoms with E-state index in [1.54, 1.807) is 6.07 Å². The van der Waals surface area contributed by atoms with Gasteiger partial charge in [-0.25, -0.2) is 0 Å². The van der Waals surface area contributed by atoms with Gasteiger partial charge in [0.25, 0.3) is 6.71 Å². The third kappa shape index (κ3) is 5.99. The summed E-state index contributed by atoms with van der Waals surface area (Å²) in [5, 5.41) is 22.2. The largest absolute Gasteiger partial charge is 0.310 e. The van der Waals surface area contributed by atoms with Crippen LogP contribution >= 0.6 is 0 Å². The quantitative estimate of drug-likeness (QED) is 0.158. The molecule has 5 heteroatoms. The van der Waals surface area contributed by atoms with Gasteiger partial charge in [-0.05, 0) is 103 Å². The van der Waals surface area contributed by atoms with Gasteiger partial charge in [-0.15, -0.1) is 0 Å². The van der Waals surface area contributed by atoms with Gasteiger partial charge in [0.05, 0.1) is 22.5 Å². The van der Waals surface area contributed by atoms with Gasteiger partial charge in [0.2, 0.25) is 0 Å². The minimum atomic E-state index is -0.303. The monoisotopic (exact) mass is 774 g/mol. The smallest absolute Gasteiger partial charge is 0.252 e. The van der Waals surface area contributed by atoms with Crippen molar-refractivity contribution in [2.75, 3.05) is 9.80 Å². The molecule has 0 bridgehead atoms. The fourth-order valence-corrected chi connectivity index (χ4v) is 9.33. The first-order valence-corrected chi connectivity index (χ1v) is 20.5. The highest BCUT2D eigenvalue weighted by molar-refractivity contribution is 7.00. The number of fused-ring (bicyclic) bond motifs is 4. The molecule has 0 atom stereocenters. The van der Waals surface area contributed by atoms with Crippen molar-refractivity contribution < 1.29 is 0 Å². The third-order valence-corrected chi connectivity index (χ3v) is 12.1. The maximum atomic E-state index is 11.1. The maximum Gasteiger partial charge on any atom is 0.252 e. The summed E-state index contributed by atoms with van der Waals surface area (Å²) in [7, 11) is 0. The molecule has 0 N–H and O–H groups in total. The van der Waals surface area contributed by atoms with E-state index in [9.17, 15) is 10.5 Å². The van der Waals surface area contributed by atoms with Crippen LogP contribution in [-0.2, 0) is 0 Å². The van der Waals surface area contributed by atoms with Crippen molar-refractivity contribution in [2.45, 2.75) is 0 Å². The Bertz CT molecular complexity index is 2980. The number of hydrogen-bond donors (Lipinski definition) is 0. The topological polar surface area (TPSA) is 54.1 Å². The molecule has 0 saturated heterocycles. The lowest BCUT2D eigenvalue weighted by atomic mass is 9.33. The van der Waals surface area contributed by atoms with E-state index in [2.05, 4.69) is 204 Å². The van der Waals surface area contributed by atoms with E-state index < -0.39 is 0 Å². The molecule has 0 amide bonds. The molecule has 0 unspecified atom stereocenters. The van der Waals surface area contributed by atoms with Gasteiger partial charge < -0.3 is 9.80 Å². The molecule has 2 heterocycles. The average Bonchev–Trinajstić information content (AvgIpc) is 3.34. The van der Waals surface area contributed by atoms with Crippen molar-refractivity contribution in [3.8, 4) is 56.6 Å². The first-order chi connectivity index (χ1) is 30.2. The molecule has 0 saturated carbocycles. The summed E-state index contributed by atoms with van der Waals surface area (Å²) in [4.78, 5) is 4.49. The number of nitrogens with zero attached hydrogens (tertiary/aromatic N) is 4. The predicted molar refractivity (Wildman–Crippen MR) is 252 cm³/mol. The highest BCUT2D eigenvalue weighted by Crippen LogP contribution is 2.48. The van der Waals surface area contributed by atoms with Crippen LogP contribution in [0.15, 0.2) is 212 Å². The minimum absolute atomic E-state index is 0.303. The van der Waals surface area contributed by atoms with Crippen LogP contribution < -0.4 is 26.2 Å². The van der Waals surface area contributed by atoms with Gasteiger partial charge in [0.15, 0.2) is 0 Å². The SMILES string of the molecule is N#Cc1cc(C#N)c2c3c1N(c1ccc(-c4ccccc4)cc1)c1ccc(-c4ccccc4)cc1B3c1cc(-c3ccccc3)ccc1N2c1ccc(-c2ccccc2)cc1. The first-order valence-electron chi connectivity index (χ1n) is 20.5. The first kappa shape index (κ1) is 35.8. The molecule has 0 spiro atoms. The molecule has 9 aromatic carbocycles. The Balaban J connectivity index is 1.22. The molecular weight excluding hydrogens is 739 g/mol. The number of hydrogen-bond acceptors (Lipinski definition) is 4.